The number of rotatable bonds is 2. The summed E-state index contributed by atoms with van der Waals surface area (Å²) in [5, 5.41) is 9.24. The first-order chi connectivity index (χ1) is 6.19. The Balaban J connectivity index is 3.09. The molecule has 0 amide bonds. The lowest BCUT2D eigenvalue weighted by Gasteiger charge is -2.05. The van der Waals surface area contributed by atoms with Crippen LogP contribution in [0.3, 0.4) is 0 Å². The maximum Gasteiger partial charge on any atom is 0.147 e. The van der Waals surface area contributed by atoms with Gasteiger partial charge in [-0.15, -0.1) is 0 Å². The number of hydrogen-bond acceptors (Lipinski definition) is 2. The lowest BCUT2D eigenvalue weighted by atomic mass is 10.1. The number of alkyl halides is 1. The Morgan fingerprint density at radius 1 is 1.77 bits per heavy atom. The van der Waals surface area contributed by atoms with Gasteiger partial charge in [0.25, 0.3) is 0 Å². The van der Waals surface area contributed by atoms with Crippen LogP contribution in [0.15, 0.2) is 12.3 Å². The molecular formula is C8H5BrClFN2. The van der Waals surface area contributed by atoms with Gasteiger partial charge >= 0.3 is 0 Å². The summed E-state index contributed by atoms with van der Waals surface area (Å²) >= 11 is 8.61. The van der Waals surface area contributed by atoms with Crippen LogP contribution in [0.5, 0.6) is 0 Å². The molecule has 0 aliphatic carbocycles. The largest absolute Gasteiger partial charge is 0.255 e. The van der Waals surface area contributed by atoms with E-state index in [9.17, 15) is 4.39 Å². The molecule has 0 saturated carbocycles. The van der Waals surface area contributed by atoms with E-state index in [-0.39, 0.29) is 10.7 Å². The van der Waals surface area contributed by atoms with Crippen LogP contribution in [0, 0.1) is 17.1 Å². The van der Waals surface area contributed by atoms with Crippen molar-refractivity contribution in [2.24, 2.45) is 0 Å². The van der Waals surface area contributed by atoms with Crippen LogP contribution in [-0.2, 0) is 0 Å². The van der Waals surface area contributed by atoms with E-state index in [2.05, 4.69) is 20.9 Å². The van der Waals surface area contributed by atoms with Crippen LogP contribution in [0.4, 0.5) is 4.39 Å². The third kappa shape index (κ3) is 2.39. The third-order valence-electron chi connectivity index (χ3n) is 1.48. The summed E-state index contributed by atoms with van der Waals surface area (Å²) in [4.78, 5) is 3.76. The molecule has 0 bridgehead atoms. The molecule has 0 fully saturated rings. The fourth-order valence-corrected chi connectivity index (χ4v) is 1.45. The quantitative estimate of drug-likeness (QED) is 0.769. The number of nitrogens with zero attached hydrogens (tertiary/aromatic N) is 2. The van der Waals surface area contributed by atoms with Crippen LogP contribution in [0.25, 0.3) is 0 Å². The molecule has 0 N–H and O–H groups in total. The molecule has 13 heavy (non-hydrogen) atoms. The molecule has 1 aromatic rings. The molecule has 0 saturated heterocycles. The van der Waals surface area contributed by atoms with Gasteiger partial charge in [-0.3, -0.25) is 4.98 Å². The Morgan fingerprint density at radius 3 is 2.92 bits per heavy atom. The molecular weight excluding hydrogens is 258 g/mol. The van der Waals surface area contributed by atoms with E-state index in [1.54, 1.807) is 0 Å². The van der Waals surface area contributed by atoms with Crippen LogP contribution >= 0.6 is 27.5 Å². The Morgan fingerprint density at radius 2 is 2.46 bits per heavy atom. The topological polar surface area (TPSA) is 36.7 Å². The lowest BCUT2D eigenvalue weighted by molar-refractivity contribution is 0.596. The van der Waals surface area contributed by atoms with E-state index in [1.807, 2.05) is 6.07 Å². The molecule has 1 aromatic heterocycles. The van der Waals surface area contributed by atoms with Gasteiger partial charge in [-0.2, -0.15) is 5.26 Å². The molecule has 5 heteroatoms. The number of nitriles is 1. The van der Waals surface area contributed by atoms with Gasteiger partial charge in [-0.25, -0.2) is 4.39 Å². The second-order valence-corrected chi connectivity index (χ2v) is 3.44. The first-order valence-electron chi connectivity index (χ1n) is 3.45. The normalized spacial score (nSPS) is 12.2. The average molecular weight is 263 g/mol. The van der Waals surface area contributed by atoms with Crippen molar-refractivity contribution in [3.05, 3.63) is 28.8 Å². The highest BCUT2D eigenvalue weighted by atomic mass is 79.9. The predicted octanol–water partition coefficient (Wildman–Crippen LogP) is 2.88. The summed E-state index contributed by atoms with van der Waals surface area (Å²) in [6.45, 7) is 0. The Bertz CT molecular complexity index is 350. The predicted molar refractivity (Wildman–Crippen MR) is 51.4 cm³/mol. The van der Waals surface area contributed by atoms with Crippen LogP contribution < -0.4 is 0 Å². The van der Waals surface area contributed by atoms with E-state index in [4.69, 9.17) is 16.9 Å². The molecule has 0 aliphatic rings. The van der Waals surface area contributed by atoms with Gasteiger partial charge in [0.05, 0.1) is 16.8 Å². The number of halogens is 3. The van der Waals surface area contributed by atoms with E-state index in [0.717, 1.165) is 6.07 Å². The molecule has 0 spiro atoms. The van der Waals surface area contributed by atoms with Crippen molar-refractivity contribution in [1.29, 1.82) is 5.26 Å². The van der Waals surface area contributed by atoms with Crippen molar-refractivity contribution in [2.75, 3.05) is 5.33 Å². The van der Waals surface area contributed by atoms with Crippen LogP contribution in [0.2, 0.25) is 5.02 Å². The van der Waals surface area contributed by atoms with Gasteiger partial charge in [0, 0.05) is 11.5 Å². The first kappa shape index (κ1) is 10.4. The van der Waals surface area contributed by atoms with Gasteiger partial charge in [0.15, 0.2) is 0 Å². The van der Waals surface area contributed by atoms with Gasteiger partial charge in [-0.1, -0.05) is 27.5 Å². The number of hydrogen-bond donors (Lipinski definition) is 0. The highest BCUT2D eigenvalue weighted by Gasteiger charge is 2.15. The van der Waals surface area contributed by atoms with Crippen LogP contribution in [0.1, 0.15) is 11.6 Å². The second kappa shape index (κ2) is 4.54. The third-order valence-corrected chi connectivity index (χ3v) is 2.33. The van der Waals surface area contributed by atoms with Crippen molar-refractivity contribution in [1.82, 2.24) is 4.98 Å². The summed E-state index contributed by atoms with van der Waals surface area (Å²) < 4.78 is 13.2. The zero-order chi connectivity index (χ0) is 9.84. The lowest BCUT2D eigenvalue weighted by Crippen LogP contribution is -2.03. The van der Waals surface area contributed by atoms with Gasteiger partial charge in [0.1, 0.15) is 11.7 Å². The fourth-order valence-electron chi connectivity index (χ4n) is 0.850. The van der Waals surface area contributed by atoms with E-state index >= 15 is 0 Å². The van der Waals surface area contributed by atoms with E-state index < -0.39 is 11.7 Å². The monoisotopic (exact) mass is 262 g/mol. The van der Waals surface area contributed by atoms with Crippen molar-refractivity contribution < 1.29 is 4.39 Å². The molecule has 1 rings (SSSR count). The molecule has 0 radical (unpaired) electrons. The van der Waals surface area contributed by atoms with E-state index in [0.29, 0.717) is 5.33 Å². The second-order valence-electron chi connectivity index (χ2n) is 2.36. The minimum atomic E-state index is -0.572. The van der Waals surface area contributed by atoms with E-state index in [1.165, 1.54) is 6.20 Å². The minimum absolute atomic E-state index is 0.128. The zero-order valence-corrected chi connectivity index (χ0v) is 8.81. The Kier molecular flexibility index (Phi) is 3.64. The molecule has 0 aromatic carbocycles. The summed E-state index contributed by atoms with van der Waals surface area (Å²) in [5.41, 5.74) is 0.128. The molecule has 1 heterocycles. The van der Waals surface area contributed by atoms with Crippen molar-refractivity contribution in [2.45, 2.75) is 5.92 Å². The van der Waals surface area contributed by atoms with Crippen molar-refractivity contribution in [3.63, 3.8) is 0 Å². The summed E-state index contributed by atoms with van der Waals surface area (Å²) in [5.74, 6) is -1.12. The van der Waals surface area contributed by atoms with Crippen molar-refractivity contribution >= 4 is 27.5 Å². The zero-order valence-electron chi connectivity index (χ0n) is 6.47. The molecule has 2 nitrogen and oxygen atoms in total. The molecule has 68 valence electrons. The standard InChI is InChI=1S/C8H5BrClFN2/c9-2-5(3-12)8-7(11)1-6(10)4-13-8/h1,4-5H,2H2. The fraction of sp³-hybridized carbons (Fsp3) is 0.250. The first-order valence-corrected chi connectivity index (χ1v) is 4.95. The highest BCUT2D eigenvalue weighted by Crippen LogP contribution is 2.20. The van der Waals surface area contributed by atoms with Gasteiger partial charge in [0.2, 0.25) is 0 Å². The van der Waals surface area contributed by atoms with Crippen molar-refractivity contribution in [3.8, 4) is 6.07 Å². The molecule has 0 aliphatic heterocycles. The molecule has 1 atom stereocenters. The van der Waals surface area contributed by atoms with Gasteiger partial charge < -0.3 is 0 Å². The maximum absolute atomic E-state index is 13.2. The summed E-state index contributed by atoms with van der Waals surface area (Å²) in [7, 11) is 0. The average Bonchev–Trinajstić information content (AvgIpc) is 2.10. The Hall–Kier alpha value is -0.660. The Labute approximate surface area is 88.5 Å². The number of pyridine rings is 1. The minimum Gasteiger partial charge on any atom is -0.255 e. The van der Waals surface area contributed by atoms with Gasteiger partial charge in [-0.05, 0) is 6.07 Å². The smallest absolute Gasteiger partial charge is 0.147 e. The number of aromatic nitrogens is 1. The maximum atomic E-state index is 13.2. The summed E-state index contributed by atoms with van der Waals surface area (Å²) in [6, 6.07) is 3.09. The molecule has 1 unspecified atom stereocenters. The highest BCUT2D eigenvalue weighted by molar-refractivity contribution is 9.09. The van der Waals surface area contributed by atoms with Crippen LogP contribution in [-0.4, -0.2) is 10.3 Å². The summed E-state index contributed by atoms with van der Waals surface area (Å²) in [6.07, 6.45) is 1.33. The SMILES string of the molecule is N#CC(CBr)c1ncc(Cl)cc1F.